The molecule has 86 valence electrons. The van der Waals surface area contributed by atoms with Crippen LogP contribution in [0.25, 0.3) is 0 Å². The number of benzene rings is 1. The Morgan fingerprint density at radius 1 is 1.38 bits per heavy atom. The highest BCUT2D eigenvalue weighted by molar-refractivity contribution is 6.34. The van der Waals surface area contributed by atoms with Crippen LogP contribution in [0.4, 0.5) is 5.69 Å². The number of amidine groups is 1. The predicted molar refractivity (Wildman–Crippen MR) is 65.4 cm³/mol. The Labute approximate surface area is 99.3 Å². The molecule has 1 aliphatic heterocycles. The topological polar surface area (TPSA) is 61.9 Å². The van der Waals surface area contributed by atoms with E-state index in [1.165, 1.54) is 12.8 Å². The summed E-state index contributed by atoms with van der Waals surface area (Å²) < 4.78 is 0. The SMILES string of the molecule is NC(=NO)c1c(Cl)cccc1N1CCCC1. The molecule has 1 heterocycles. The minimum atomic E-state index is 0.0625. The van der Waals surface area contributed by atoms with Crippen molar-refractivity contribution in [2.45, 2.75) is 12.8 Å². The van der Waals surface area contributed by atoms with E-state index in [1.807, 2.05) is 12.1 Å². The van der Waals surface area contributed by atoms with Crippen LogP contribution in [-0.4, -0.2) is 24.1 Å². The van der Waals surface area contributed by atoms with E-state index in [4.69, 9.17) is 22.5 Å². The summed E-state index contributed by atoms with van der Waals surface area (Å²) in [5, 5.41) is 12.3. The quantitative estimate of drug-likeness (QED) is 0.359. The molecule has 2 rings (SSSR count). The molecule has 0 amide bonds. The number of nitrogens with zero attached hydrogens (tertiary/aromatic N) is 2. The van der Waals surface area contributed by atoms with Crippen molar-refractivity contribution in [3.8, 4) is 0 Å². The molecule has 0 spiro atoms. The van der Waals surface area contributed by atoms with Gasteiger partial charge in [0.2, 0.25) is 0 Å². The summed E-state index contributed by atoms with van der Waals surface area (Å²) in [7, 11) is 0. The summed E-state index contributed by atoms with van der Waals surface area (Å²) in [6, 6.07) is 5.57. The highest BCUT2D eigenvalue weighted by Gasteiger charge is 2.19. The second-order valence-electron chi connectivity index (χ2n) is 3.81. The molecule has 0 unspecified atom stereocenters. The van der Waals surface area contributed by atoms with Crippen LogP contribution >= 0.6 is 11.6 Å². The normalized spacial score (nSPS) is 16.8. The van der Waals surface area contributed by atoms with Crippen LogP contribution in [0.15, 0.2) is 23.4 Å². The van der Waals surface area contributed by atoms with E-state index in [-0.39, 0.29) is 5.84 Å². The first kappa shape index (κ1) is 11.1. The molecule has 4 nitrogen and oxygen atoms in total. The molecule has 1 aromatic carbocycles. The third kappa shape index (κ3) is 1.93. The van der Waals surface area contributed by atoms with Gasteiger partial charge in [-0.15, -0.1) is 0 Å². The highest BCUT2D eigenvalue weighted by atomic mass is 35.5. The van der Waals surface area contributed by atoms with Gasteiger partial charge in [0.15, 0.2) is 5.84 Å². The number of anilines is 1. The lowest BCUT2D eigenvalue weighted by Crippen LogP contribution is -2.23. The van der Waals surface area contributed by atoms with E-state index in [9.17, 15) is 0 Å². The predicted octanol–water partition coefficient (Wildman–Crippen LogP) is 2.03. The van der Waals surface area contributed by atoms with E-state index < -0.39 is 0 Å². The third-order valence-corrected chi connectivity index (χ3v) is 3.12. The zero-order valence-electron chi connectivity index (χ0n) is 8.86. The van der Waals surface area contributed by atoms with Crippen molar-refractivity contribution in [1.82, 2.24) is 0 Å². The molecule has 1 fully saturated rings. The Hall–Kier alpha value is -1.42. The van der Waals surface area contributed by atoms with Crippen molar-refractivity contribution in [2.24, 2.45) is 10.9 Å². The number of halogens is 1. The zero-order valence-corrected chi connectivity index (χ0v) is 9.61. The van der Waals surface area contributed by atoms with Gasteiger partial charge >= 0.3 is 0 Å². The van der Waals surface area contributed by atoms with Crippen LogP contribution in [0.1, 0.15) is 18.4 Å². The largest absolute Gasteiger partial charge is 0.409 e. The fraction of sp³-hybridized carbons (Fsp3) is 0.364. The van der Waals surface area contributed by atoms with Crippen LogP contribution in [0.2, 0.25) is 5.02 Å². The van der Waals surface area contributed by atoms with Gasteiger partial charge in [-0.2, -0.15) is 0 Å². The molecule has 1 aliphatic rings. The number of nitrogens with two attached hydrogens (primary N) is 1. The molecular weight excluding hydrogens is 226 g/mol. The number of hydrogen-bond acceptors (Lipinski definition) is 3. The Balaban J connectivity index is 2.47. The molecule has 0 aliphatic carbocycles. The maximum atomic E-state index is 8.77. The molecule has 0 aromatic heterocycles. The fourth-order valence-electron chi connectivity index (χ4n) is 2.04. The first-order valence-electron chi connectivity index (χ1n) is 5.25. The third-order valence-electron chi connectivity index (χ3n) is 2.80. The lowest BCUT2D eigenvalue weighted by Gasteiger charge is -2.21. The molecule has 1 aromatic rings. The molecule has 0 atom stereocenters. The molecule has 3 N–H and O–H groups in total. The van der Waals surface area contributed by atoms with Crippen molar-refractivity contribution in [3.05, 3.63) is 28.8 Å². The lowest BCUT2D eigenvalue weighted by molar-refractivity contribution is 0.318. The standard InChI is InChI=1S/C11H14ClN3O/c12-8-4-3-5-9(10(8)11(13)14-16)15-6-1-2-7-15/h3-5,16H,1-2,6-7H2,(H2,13,14). The van der Waals surface area contributed by atoms with E-state index in [2.05, 4.69) is 10.1 Å². The second kappa shape index (κ2) is 4.61. The smallest absolute Gasteiger partial charge is 0.173 e. The molecule has 5 heteroatoms. The Kier molecular flexibility index (Phi) is 3.19. The van der Waals surface area contributed by atoms with Crippen LogP contribution in [0.5, 0.6) is 0 Å². The van der Waals surface area contributed by atoms with Crippen molar-refractivity contribution < 1.29 is 5.21 Å². The molecule has 1 saturated heterocycles. The molecule has 0 saturated carbocycles. The summed E-state index contributed by atoms with van der Waals surface area (Å²) in [6.45, 7) is 1.98. The van der Waals surface area contributed by atoms with Crippen molar-refractivity contribution in [1.29, 1.82) is 0 Å². The minimum Gasteiger partial charge on any atom is -0.409 e. The van der Waals surface area contributed by atoms with E-state index >= 15 is 0 Å². The summed E-state index contributed by atoms with van der Waals surface area (Å²) in [5.74, 6) is 0.0625. The van der Waals surface area contributed by atoms with Crippen molar-refractivity contribution >= 4 is 23.1 Å². The van der Waals surface area contributed by atoms with Gasteiger partial charge in [-0.25, -0.2) is 0 Å². The van der Waals surface area contributed by atoms with Gasteiger partial charge in [0.1, 0.15) is 0 Å². The monoisotopic (exact) mass is 239 g/mol. The average Bonchev–Trinajstić information content (AvgIpc) is 2.81. The van der Waals surface area contributed by atoms with E-state index in [0.29, 0.717) is 10.6 Å². The molecule has 16 heavy (non-hydrogen) atoms. The van der Waals surface area contributed by atoms with E-state index in [0.717, 1.165) is 18.8 Å². The second-order valence-corrected chi connectivity index (χ2v) is 4.22. The van der Waals surface area contributed by atoms with Crippen molar-refractivity contribution in [3.63, 3.8) is 0 Å². The lowest BCUT2D eigenvalue weighted by atomic mass is 10.1. The summed E-state index contributed by atoms with van der Waals surface area (Å²) in [5.41, 5.74) is 7.22. The Morgan fingerprint density at radius 3 is 2.69 bits per heavy atom. The Bertz CT molecular complexity index is 414. The summed E-state index contributed by atoms with van der Waals surface area (Å²) in [6.07, 6.45) is 2.34. The van der Waals surface area contributed by atoms with Gasteiger partial charge in [-0.1, -0.05) is 22.8 Å². The van der Waals surface area contributed by atoms with Gasteiger partial charge in [0.25, 0.3) is 0 Å². The van der Waals surface area contributed by atoms with Gasteiger partial charge in [-0.3, -0.25) is 0 Å². The number of oxime groups is 1. The number of rotatable bonds is 2. The summed E-state index contributed by atoms with van der Waals surface area (Å²) >= 11 is 6.08. The maximum absolute atomic E-state index is 8.77. The van der Waals surface area contributed by atoms with Crippen LogP contribution < -0.4 is 10.6 Å². The molecule has 0 bridgehead atoms. The zero-order chi connectivity index (χ0) is 11.5. The minimum absolute atomic E-state index is 0.0625. The number of hydrogen-bond donors (Lipinski definition) is 2. The maximum Gasteiger partial charge on any atom is 0.173 e. The molecule has 0 radical (unpaired) electrons. The highest BCUT2D eigenvalue weighted by Crippen LogP contribution is 2.29. The fourth-order valence-corrected chi connectivity index (χ4v) is 2.30. The first-order chi connectivity index (χ1) is 7.74. The van der Waals surface area contributed by atoms with Gasteiger partial charge in [-0.05, 0) is 25.0 Å². The summed E-state index contributed by atoms with van der Waals surface area (Å²) in [4.78, 5) is 2.21. The first-order valence-corrected chi connectivity index (χ1v) is 5.63. The molecular formula is C11H14ClN3O. The van der Waals surface area contributed by atoms with Gasteiger partial charge in [0, 0.05) is 18.8 Å². The van der Waals surface area contributed by atoms with Gasteiger partial charge in [0.05, 0.1) is 10.6 Å². The van der Waals surface area contributed by atoms with Gasteiger partial charge < -0.3 is 15.8 Å². The average molecular weight is 240 g/mol. The van der Waals surface area contributed by atoms with Crippen LogP contribution in [-0.2, 0) is 0 Å². The van der Waals surface area contributed by atoms with Crippen LogP contribution in [0.3, 0.4) is 0 Å². The van der Waals surface area contributed by atoms with Crippen molar-refractivity contribution in [2.75, 3.05) is 18.0 Å². The van der Waals surface area contributed by atoms with E-state index in [1.54, 1.807) is 6.07 Å². The van der Waals surface area contributed by atoms with Crippen LogP contribution in [0, 0.1) is 0 Å². The Morgan fingerprint density at radius 2 is 2.06 bits per heavy atom.